The van der Waals surface area contributed by atoms with Crippen molar-refractivity contribution in [3.63, 3.8) is 0 Å². The third kappa shape index (κ3) is 6.26. The molecule has 0 aliphatic carbocycles. The highest BCUT2D eigenvalue weighted by Gasteiger charge is 2.28. The molecule has 35 heavy (non-hydrogen) atoms. The molecule has 3 N–H and O–H groups in total. The van der Waals surface area contributed by atoms with E-state index in [0.717, 1.165) is 60.1 Å². The number of Topliss-reactive ketones (excluding diaryl/α,β-unsaturated/α-hetero) is 1. The van der Waals surface area contributed by atoms with Crippen LogP contribution in [0.3, 0.4) is 0 Å². The molecule has 3 aromatic rings. The number of hydrogen-bond donors (Lipinski definition) is 3. The molecule has 2 aromatic heterocycles. The van der Waals surface area contributed by atoms with Gasteiger partial charge >= 0.3 is 6.03 Å². The number of hydrogen-bond acceptors (Lipinski definition) is 4. The van der Waals surface area contributed by atoms with E-state index in [4.69, 9.17) is 0 Å². The molecule has 0 unspecified atom stereocenters. The van der Waals surface area contributed by atoms with Gasteiger partial charge in [0.1, 0.15) is 0 Å². The molecule has 184 valence electrons. The Bertz CT molecular complexity index is 1170. The Balaban J connectivity index is 1.29. The van der Waals surface area contributed by atoms with Crippen LogP contribution < -0.4 is 10.6 Å². The van der Waals surface area contributed by atoms with Gasteiger partial charge < -0.3 is 20.5 Å². The number of nitrogens with one attached hydrogen (secondary N) is 3. The molecule has 8 heteroatoms. The van der Waals surface area contributed by atoms with Crippen molar-refractivity contribution in [2.24, 2.45) is 0 Å². The summed E-state index contributed by atoms with van der Waals surface area (Å²) in [7, 11) is 0. The number of H-pyrrole nitrogens is 1. The highest BCUT2D eigenvalue weighted by molar-refractivity contribution is 6.09. The van der Waals surface area contributed by atoms with Crippen molar-refractivity contribution in [2.75, 3.05) is 19.6 Å². The summed E-state index contributed by atoms with van der Waals surface area (Å²) in [6.07, 6.45) is 6.97. The van der Waals surface area contributed by atoms with Gasteiger partial charge in [-0.25, -0.2) is 4.79 Å². The number of carbonyl (C=O) groups excluding carboxylic acids is 3. The van der Waals surface area contributed by atoms with Crippen LogP contribution in [0.4, 0.5) is 4.79 Å². The quantitative estimate of drug-likeness (QED) is 0.319. The van der Waals surface area contributed by atoms with Gasteiger partial charge in [-0.1, -0.05) is 24.3 Å². The predicted molar refractivity (Wildman–Crippen MR) is 135 cm³/mol. The number of nitrogens with zero attached hydrogens (tertiary/aromatic N) is 2. The number of para-hydroxylation sites is 1. The lowest BCUT2D eigenvalue weighted by Gasteiger charge is -2.31. The molecule has 1 aliphatic heterocycles. The third-order valence-electron chi connectivity index (χ3n) is 6.65. The maximum atomic E-state index is 13.3. The van der Waals surface area contributed by atoms with Crippen LogP contribution in [0.1, 0.15) is 66.6 Å². The third-order valence-corrected chi connectivity index (χ3v) is 6.65. The van der Waals surface area contributed by atoms with Crippen LogP contribution in [0.15, 0.2) is 48.8 Å². The number of benzene rings is 1. The fourth-order valence-electron chi connectivity index (χ4n) is 4.74. The minimum absolute atomic E-state index is 0.107. The summed E-state index contributed by atoms with van der Waals surface area (Å²) in [6.45, 7) is 3.98. The Morgan fingerprint density at radius 1 is 1.06 bits per heavy atom. The summed E-state index contributed by atoms with van der Waals surface area (Å²) in [4.78, 5) is 46.4. The van der Waals surface area contributed by atoms with Crippen molar-refractivity contribution in [2.45, 2.75) is 51.5 Å². The van der Waals surface area contributed by atoms with E-state index in [2.05, 4.69) is 20.6 Å². The van der Waals surface area contributed by atoms with Crippen molar-refractivity contribution in [1.29, 1.82) is 0 Å². The van der Waals surface area contributed by atoms with Crippen LogP contribution >= 0.6 is 0 Å². The fraction of sp³-hybridized carbons (Fsp3) is 0.407. The number of likely N-dealkylation sites (tertiary alicyclic amines) is 1. The predicted octanol–water partition coefficient (Wildman–Crippen LogP) is 4.14. The monoisotopic (exact) mass is 475 g/mol. The number of rotatable bonds is 9. The van der Waals surface area contributed by atoms with E-state index in [0.29, 0.717) is 25.9 Å². The van der Waals surface area contributed by atoms with Crippen LogP contribution in [0.5, 0.6) is 0 Å². The van der Waals surface area contributed by atoms with Gasteiger partial charge in [0.2, 0.25) is 5.91 Å². The smallest absolute Gasteiger partial charge is 0.315 e. The molecular formula is C27H33N5O3. The van der Waals surface area contributed by atoms with E-state index < -0.39 is 0 Å². The first-order valence-corrected chi connectivity index (χ1v) is 12.3. The molecule has 0 atom stereocenters. The summed E-state index contributed by atoms with van der Waals surface area (Å²) in [6, 6.07) is 11.5. The molecule has 8 nitrogen and oxygen atoms in total. The zero-order valence-corrected chi connectivity index (χ0v) is 20.2. The second-order valence-corrected chi connectivity index (χ2v) is 9.09. The first-order chi connectivity index (χ1) is 17.0. The molecule has 3 amide bonds. The van der Waals surface area contributed by atoms with Gasteiger partial charge in [0.15, 0.2) is 5.78 Å². The van der Waals surface area contributed by atoms with E-state index in [1.807, 2.05) is 41.3 Å². The van der Waals surface area contributed by atoms with Gasteiger partial charge in [0.25, 0.3) is 0 Å². The van der Waals surface area contributed by atoms with E-state index in [1.165, 1.54) is 0 Å². The van der Waals surface area contributed by atoms with Crippen molar-refractivity contribution >= 4 is 28.6 Å². The molecule has 4 rings (SSSR count). The molecule has 0 spiro atoms. The second kappa shape index (κ2) is 11.6. The largest absolute Gasteiger partial charge is 0.358 e. The number of aromatic amines is 1. The SMILES string of the molecule is CC(=O)N1CCC(c2[nH]c3ccccc3c2C(=O)CCCCNC(=O)NCc2cccnc2)CC1. The van der Waals surface area contributed by atoms with Crippen LogP contribution in [0.25, 0.3) is 10.9 Å². The Morgan fingerprint density at radius 3 is 2.60 bits per heavy atom. The van der Waals surface area contributed by atoms with Crippen molar-refractivity contribution < 1.29 is 14.4 Å². The number of urea groups is 1. The Labute approximate surface area is 205 Å². The summed E-state index contributed by atoms with van der Waals surface area (Å²) in [5.41, 5.74) is 3.72. The molecule has 0 saturated carbocycles. The molecule has 1 aliphatic rings. The van der Waals surface area contributed by atoms with Crippen molar-refractivity contribution in [1.82, 2.24) is 25.5 Å². The first-order valence-electron chi connectivity index (χ1n) is 12.3. The van der Waals surface area contributed by atoms with E-state index in [1.54, 1.807) is 19.3 Å². The van der Waals surface area contributed by atoms with Gasteiger partial charge in [-0.15, -0.1) is 0 Å². The van der Waals surface area contributed by atoms with Gasteiger partial charge in [-0.05, 0) is 43.4 Å². The first kappa shape index (κ1) is 24.4. The maximum Gasteiger partial charge on any atom is 0.315 e. The van der Waals surface area contributed by atoms with Crippen molar-refractivity contribution in [3.05, 3.63) is 65.6 Å². The van der Waals surface area contributed by atoms with Crippen LogP contribution in [0.2, 0.25) is 0 Å². The van der Waals surface area contributed by atoms with Gasteiger partial charge in [-0.2, -0.15) is 0 Å². The van der Waals surface area contributed by atoms with Crippen molar-refractivity contribution in [3.8, 4) is 0 Å². The maximum absolute atomic E-state index is 13.3. The number of pyridine rings is 1. The average molecular weight is 476 g/mol. The molecule has 3 heterocycles. The highest BCUT2D eigenvalue weighted by atomic mass is 16.2. The average Bonchev–Trinajstić information content (AvgIpc) is 3.27. The van der Waals surface area contributed by atoms with Crippen LogP contribution in [-0.2, 0) is 11.3 Å². The summed E-state index contributed by atoms with van der Waals surface area (Å²) in [5.74, 6) is 0.477. The Morgan fingerprint density at radius 2 is 1.86 bits per heavy atom. The number of aromatic nitrogens is 2. The molecular weight excluding hydrogens is 442 g/mol. The number of fused-ring (bicyclic) bond motifs is 1. The number of amides is 3. The minimum Gasteiger partial charge on any atom is -0.358 e. The number of carbonyl (C=O) groups is 3. The Kier molecular flexibility index (Phi) is 8.13. The molecule has 1 fully saturated rings. The van der Waals surface area contributed by atoms with Gasteiger partial charge in [0.05, 0.1) is 0 Å². The summed E-state index contributed by atoms with van der Waals surface area (Å²) < 4.78 is 0. The fourth-order valence-corrected chi connectivity index (χ4v) is 4.74. The lowest BCUT2D eigenvalue weighted by molar-refractivity contribution is -0.129. The van der Waals surface area contributed by atoms with Gasteiger partial charge in [-0.3, -0.25) is 14.6 Å². The number of piperidine rings is 1. The minimum atomic E-state index is -0.226. The number of unbranched alkanes of at least 4 members (excludes halogenated alkanes) is 1. The van der Waals surface area contributed by atoms with Crippen LogP contribution in [-0.4, -0.2) is 52.2 Å². The van der Waals surface area contributed by atoms with E-state index >= 15 is 0 Å². The zero-order valence-electron chi connectivity index (χ0n) is 20.2. The number of ketones is 1. The van der Waals surface area contributed by atoms with Gasteiger partial charge in [0, 0.05) is 80.0 Å². The molecule has 1 aromatic carbocycles. The second-order valence-electron chi connectivity index (χ2n) is 9.09. The van der Waals surface area contributed by atoms with E-state index in [9.17, 15) is 14.4 Å². The highest BCUT2D eigenvalue weighted by Crippen LogP contribution is 2.35. The molecule has 0 radical (unpaired) electrons. The summed E-state index contributed by atoms with van der Waals surface area (Å²) >= 11 is 0. The normalized spacial score (nSPS) is 14.1. The standard InChI is InChI=1S/C27H33N5O3/c1-19(33)32-15-11-21(12-16-32)26-25(22-8-2-3-9-23(22)31-26)24(34)10-4-5-14-29-27(35)30-18-20-7-6-13-28-17-20/h2-3,6-9,13,17,21,31H,4-5,10-12,14-16,18H2,1H3,(H2,29,30,35). The lowest BCUT2D eigenvalue weighted by atomic mass is 9.88. The Hall–Kier alpha value is -3.68. The topological polar surface area (TPSA) is 107 Å². The van der Waals surface area contributed by atoms with Crippen LogP contribution in [0, 0.1) is 0 Å². The molecule has 0 bridgehead atoms. The molecule has 1 saturated heterocycles. The van der Waals surface area contributed by atoms with E-state index in [-0.39, 0.29) is 23.6 Å². The zero-order chi connectivity index (χ0) is 24.6. The lowest BCUT2D eigenvalue weighted by Crippen LogP contribution is -2.36. The summed E-state index contributed by atoms with van der Waals surface area (Å²) in [5, 5.41) is 6.62.